The smallest absolute Gasteiger partial charge is 0.312 e. The first-order valence-electron chi connectivity index (χ1n) is 6.79. The molecule has 5 heteroatoms. The number of carboxylic acid groups (broad SMARTS) is 1. The van der Waals surface area contributed by atoms with Crippen molar-refractivity contribution in [3.05, 3.63) is 35.9 Å². The summed E-state index contributed by atoms with van der Waals surface area (Å²) in [6.07, 6.45) is 2.29. The Balaban J connectivity index is 2.10. The second kappa shape index (κ2) is 7.05. The van der Waals surface area contributed by atoms with E-state index in [0.717, 1.165) is 24.8 Å². The van der Waals surface area contributed by atoms with Crippen molar-refractivity contribution >= 4 is 12.4 Å². The van der Waals surface area contributed by atoms with Gasteiger partial charge in [0.25, 0.3) is 0 Å². The molecule has 1 aromatic carbocycles. The minimum Gasteiger partial charge on any atom is -0.481 e. The van der Waals surface area contributed by atoms with Crippen LogP contribution in [0.3, 0.4) is 0 Å². The molecule has 5 nitrogen and oxygen atoms in total. The predicted octanol–water partition coefficient (Wildman–Crippen LogP) is 1.49. The summed E-state index contributed by atoms with van der Waals surface area (Å²) in [5.74, 6) is -1.60. The van der Waals surface area contributed by atoms with Crippen LogP contribution in [-0.2, 0) is 14.3 Å². The average Bonchev–Trinajstić information content (AvgIpc) is 2.50. The van der Waals surface area contributed by atoms with E-state index in [9.17, 15) is 14.7 Å². The lowest BCUT2D eigenvalue weighted by atomic mass is 9.97. The van der Waals surface area contributed by atoms with Crippen molar-refractivity contribution in [1.82, 2.24) is 4.90 Å². The number of aliphatic carboxylic acids is 1. The van der Waals surface area contributed by atoms with Gasteiger partial charge in [0.15, 0.2) is 0 Å². The number of nitrogens with zero attached hydrogens (tertiary/aromatic N) is 1. The van der Waals surface area contributed by atoms with Crippen LogP contribution in [0.5, 0.6) is 0 Å². The Bertz CT molecular complexity index is 442. The summed E-state index contributed by atoms with van der Waals surface area (Å²) in [5, 5.41) is 9.40. The van der Waals surface area contributed by atoms with Gasteiger partial charge in [-0.2, -0.15) is 0 Å². The maximum Gasteiger partial charge on any atom is 0.312 e. The van der Waals surface area contributed by atoms with E-state index in [1.165, 1.54) is 0 Å². The van der Waals surface area contributed by atoms with E-state index in [-0.39, 0.29) is 12.6 Å². The summed E-state index contributed by atoms with van der Waals surface area (Å²) in [5.41, 5.74) is 0.721. The third-order valence-electron chi connectivity index (χ3n) is 3.69. The molecule has 1 aliphatic heterocycles. The van der Waals surface area contributed by atoms with E-state index < -0.39 is 11.9 Å². The number of ether oxygens (including phenoxy) is 1. The molecule has 0 saturated carbocycles. The van der Waals surface area contributed by atoms with E-state index >= 15 is 0 Å². The normalized spacial score (nSPS) is 17.4. The van der Waals surface area contributed by atoms with Gasteiger partial charge in [-0.05, 0) is 18.4 Å². The fourth-order valence-electron chi connectivity index (χ4n) is 2.52. The van der Waals surface area contributed by atoms with E-state index in [4.69, 9.17) is 4.74 Å². The molecule has 1 atom stereocenters. The summed E-state index contributed by atoms with van der Waals surface area (Å²) in [7, 11) is 0. The number of carboxylic acids is 1. The van der Waals surface area contributed by atoms with Crippen LogP contribution in [0.15, 0.2) is 30.3 Å². The molecule has 108 valence electrons. The maximum atomic E-state index is 11.5. The number of amides is 1. The fraction of sp³-hybridized carbons (Fsp3) is 0.467. The lowest BCUT2D eigenvalue weighted by Gasteiger charge is -2.33. The monoisotopic (exact) mass is 277 g/mol. The molecule has 1 heterocycles. The molecule has 2 rings (SSSR count). The van der Waals surface area contributed by atoms with Gasteiger partial charge >= 0.3 is 5.97 Å². The standard InChI is InChI=1S/C15H19NO4/c17-11-16(13-6-8-20-9-7-13)10-14(15(18)19)12-4-2-1-3-5-12/h1-5,11,13-14H,6-10H2,(H,18,19). The summed E-state index contributed by atoms with van der Waals surface area (Å²) in [4.78, 5) is 24.4. The summed E-state index contributed by atoms with van der Waals surface area (Å²) >= 11 is 0. The minimum atomic E-state index is -0.907. The average molecular weight is 277 g/mol. The van der Waals surface area contributed by atoms with Crippen molar-refractivity contribution in [2.45, 2.75) is 24.8 Å². The molecule has 1 unspecified atom stereocenters. The van der Waals surface area contributed by atoms with Gasteiger partial charge in [-0.15, -0.1) is 0 Å². The van der Waals surface area contributed by atoms with Gasteiger partial charge in [-0.3, -0.25) is 9.59 Å². The molecule has 1 amide bonds. The van der Waals surface area contributed by atoms with Crippen LogP contribution in [0.1, 0.15) is 24.3 Å². The molecule has 20 heavy (non-hydrogen) atoms. The van der Waals surface area contributed by atoms with Gasteiger partial charge in [0.05, 0.1) is 5.92 Å². The Hall–Kier alpha value is -1.88. The Morgan fingerprint density at radius 1 is 1.35 bits per heavy atom. The lowest BCUT2D eigenvalue weighted by Crippen LogP contribution is -2.42. The van der Waals surface area contributed by atoms with Crippen LogP contribution >= 0.6 is 0 Å². The molecule has 1 aliphatic rings. The van der Waals surface area contributed by atoms with Crippen LogP contribution in [0.2, 0.25) is 0 Å². The zero-order valence-electron chi connectivity index (χ0n) is 11.3. The van der Waals surface area contributed by atoms with Crippen molar-refractivity contribution < 1.29 is 19.4 Å². The molecular formula is C15H19NO4. The molecular weight excluding hydrogens is 258 g/mol. The van der Waals surface area contributed by atoms with E-state index in [0.29, 0.717) is 13.2 Å². The first-order chi connectivity index (χ1) is 9.72. The Morgan fingerprint density at radius 2 is 2.00 bits per heavy atom. The minimum absolute atomic E-state index is 0.0758. The molecule has 1 aromatic rings. The maximum absolute atomic E-state index is 11.5. The largest absolute Gasteiger partial charge is 0.481 e. The van der Waals surface area contributed by atoms with Crippen LogP contribution in [0, 0.1) is 0 Å². The van der Waals surface area contributed by atoms with Crippen LogP contribution in [-0.4, -0.2) is 48.2 Å². The highest BCUT2D eigenvalue weighted by Crippen LogP contribution is 2.21. The van der Waals surface area contributed by atoms with Gasteiger partial charge in [0.2, 0.25) is 6.41 Å². The predicted molar refractivity (Wildman–Crippen MR) is 73.4 cm³/mol. The molecule has 0 spiro atoms. The third-order valence-corrected chi connectivity index (χ3v) is 3.69. The summed E-state index contributed by atoms with van der Waals surface area (Å²) in [6, 6.07) is 9.11. The Kier molecular flexibility index (Phi) is 5.12. The SMILES string of the molecule is O=CN(CC(C(=O)O)c1ccccc1)C1CCOCC1. The molecule has 1 fully saturated rings. The summed E-state index contributed by atoms with van der Waals surface area (Å²) < 4.78 is 5.27. The fourth-order valence-corrected chi connectivity index (χ4v) is 2.52. The van der Waals surface area contributed by atoms with E-state index in [2.05, 4.69) is 0 Å². The Labute approximate surface area is 118 Å². The number of hydrogen-bond donors (Lipinski definition) is 1. The van der Waals surface area contributed by atoms with Crippen LogP contribution < -0.4 is 0 Å². The van der Waals surface area contributed by atoms with Crippen molar-refractivity contribution in [2.75, 3.05) is 19.8 Å². The third kappa shape index (κ3) is 3.57. The second-order valence-corrected chi connectivity index (χ2v) is 4.95. The lowest BCUT2D eigenvalue weighted by molar-refractivity contribution is -0.140. The van der Waals surface area contributed by atoms with Crippen LogP contribution in [0.25, 0.3) is 0 Å². The number of carbonyl (C=O) groups excluding carboxylic acids is 1. The van der Waals surface area contributed by atoms with Crippen molar-refractivity contribution in [3.63, 3.8) is 0 Å². The second-order valence-electron chi connectivity index (χ2n) is 4.95. The molecule has 0 aliphatic carbocycles. The first kappa shape index (κ1) is 14.5. The number of carbonyl (C=O) groups is 2. The zero-order valence-corrected chi connectivity index (χ0v) is 11.3. The first-order valence-corrected chi connectivity index (χ1v) is 6.79. The quantitative estimate of drug-likeness (QED) is 0.800. The van der Waals surface area contributed by atoms with E-state index in [1.54, 1.807) is 17.0 Å². The molecule has 0 bridgehead atoms. The molecule has 1 saturated heterocycles. The highest BCUT2D eigenvalue weighted by Gasteiger charge is 2.27. The molecule has 0 aromatic heterocycles. The summed E-state index contributed by atoms with van der Waals surface area (Å²) in [6.45, 7) is 1.45. The van der Waals surface area contributed by atoms with Crippen molar-refractivity contribution in [1.29, 1.82) is 0 Å². The molecule has 0 radical (unpaired) electrons. The number of benzene rings is 1. The van der Waals surface area contributed by atoms with Gasteiger partial charge in [-0.25, -0.2) is 0 Å². The molecule has 1 N–H and O–H groups in total. The van der Waals surface area contributed by atoms with Gasteiger partial charge in [0.1, 0.15) is 0 Å². The van der Waals surface area contributed by atoms with Crippen LogP contribution in [0.4, 0.5) is 0 Å². The van der Waals surface area contributed by atoms with Crippen molar-refractivity contribution in [3.8, 4) is 0 Å². The highest BCUT2D eigenvalue weighted by molar-refractivity contribution is 5.76. The number of rotatable bonds is 6. The number of hydrogen-bond acceptors (Lipinski definition) is 3. The van der Waals surface area contributed by atoms with Crippen molar-refractivity contribution in [2.24, 2.45) is 0 Å². The van der Waals surface area contributed by atoms with Gasteiger partial charge < -0.3 is 14.7 Å². The van der Waals surface area contributed by atoms with Gasteiger partial charge in [0, 0.05) is 25.8 Å². The Morgan fingerprint density at radius 3 is 2.55 bits per heavy atom. The zero-order chi connectivity index (χ0) is 14.4. The van der Waals surface area contributed by atoms with E-state index in [1.807, 2.05) is 18.2 Å². The van der Waals surface area contributed by atoms with Gasteiger partial charge in [-0.1, -0.05) is 30.3 Å². The topological polar surface area (TPSA) is 66.8 Å². The highest BCUT2D eigenvalue weighted by atomic mass is 16.5.